The van der Waals surface area contributed by atoms with Crippen LogP contribution in [0.4, 0.5) is 10.5 Å². The average molecular weight is 447 g/mol. The normalized spacial score (nSPS) is 12.0. The summed E-state index contributed by atoms with van der Waals surface area (Å²) in [4.78, 5) is 30.0. The topological polar surface area (TPSA) is 113 Å². The van der Waals surface area contributed by atoms with Crippen LogP contribution in [-0.4, -0.2) is 33.8 Å². The Morgan fingerprint density at radius 2 is 1.82 bits per heavy atom. The Bertz CT molecular complexity index is 1210. The van der Waals surface area contributed by atoms with Crippen molar-refractivity contribution in [3.8, 4) is 11.9 Å². The first-order valence-corrected chi connectivity index (χ1v) is 10.4. The van der Waals surface area contributed by atoms with E-state index in [0.717, 1.165) is 10.5 Å². The van der Waals surface area contributed by atoms with Crippen LogP contribution in [0.2, 0.25) is 0 Å². The summed E-state index contributed by atoms with van der Waals surface area (Å²) in [5.41, 5.74) is 0.877. The van der Waals surface area contributed by atoms with E-state index < -0.39 is 23.7 Å². The molecule has 8 heteroatoms. The van der Waals surface area contributed by atoms with Crippen molar-refractivity contribution in [2.45, 2.75) is 45.9 Å². The van der Waals surface area contributed by atoms with Crippen molar-refractivity contribution in [2.75, 3.05) is 4.90 Å². The van der Waals surface area contributed by atoms with Crippen LogP contribution in [0, 0.1) is 11.3 Å². The van der Waals surface area contributed by atoms with Gasteiger partial charge in [0, 0.05) is 11.5 Å². The van der Waals surface area contributed by atoms with Gasteiger partial charge < -0.3 is 14.6 Å². The van der Waals surface area contributed by atoms with Gasteiger partial charge in [0.15, 0.2) is 0 Å². The summed E-state index contributed by atoms with van der Waals surface area (Å²) in [5, 5.41) is 19.9. The van der Waals surface area contributed by atoms with Gasteiger partial charge in [-0.25, -0.2) is 14.6 Å². The molecule has 3 rings (SSSR count). The van der Waals surface area contributed by atoms with Crippen LogP contribution in [0.15, 0.2) is 54.6 Å². The number of hydrogen-bond donors (Lipinski definition) is 1. The second kappa shape index (κ2) is 9.57. The van der Waals surface area contributed by atoms with Crippen molar-refractivity contribution < 1.29 is 24.2 Å². The Morgan fingerprint density at radius 1 is 1.12 bits per heavy atom. The molecule has 1 amide bonds. The molecule has 0 bridgehead atoms. The third-order valence-electron chi connectivity index (χ3n) is 4.76. The third-order valence-corrected chi connectivity index (χ3v) is 4.76. The molecular weight excluding hydrogens is 422 g/mol. The van der Waals surface area contributed by atoms with Crippen molar-refractivity contribution in [3.63, 3.8) is 0 Å². The van der Waals surface area contributed by atoms with Crippen molar-refractivity contribution >= 4 is 28.7 Å². The maximum absolute atomic E-state index is 12.9. The maximum atomic E-state index is 12.9. The molecule has 2 aromatic carbocycles. The molecule has 1 aromatic heterocycles. The number of anilines is 1. The van der Waals surface area contributed by atoms with Gasteiger partial charge in [0.25, 0.3) is 0 Å². The lowest BCUT2D eigenvalue weighted by Crippen LogP contribution is -2.46. The predicted molar refractivity (Wildman–Crippen MR) is 123 cm³/mol. The lowest BCUT2D eigenvalue weighted by atomic mass is 10.1. The van der Waals surface area contributed by atoms with Crippen LogP contribution < -0.4 is 9.64 Å². The first-order chi connectivity index (χ1) is 15.6. The second-order valence-corrected chi connectivity index (χ2v) is 8.43. The summed E-state index contributed by atoms with van der Waals surface area (Å²) in [6, 6.07) is 16.9. The van der Waals surface area contributed by atoms with E-state index in [1.54, 1.807) is 39.0 Å². The quantitative estimate of drug-likeness (QED) is 0.572. The number of ether oxygens (including phenoxy) is 2. The molecule has 33 heavy (non-hydrogen) atoms. The minimum absolute atomic E-state index is 0.119. The zero-order valence-electron chi connectivity index (χ0n) is 18.9. The molecule has 1 unspecified atom stereocenters. The lowest BCUT2D eigenvalue weighted by Gasteiger charge is -2.30. The molecule has 1 N–H and O–H groups in total. The van der Waals surface area contributed by atoms with E-state index in [9.17, 15) is 20.0 Å². The Labute approximate surface area is 192 Å². The van der Waals surface area contributed by atoms with Crippen LogP contribution in [0.1, 0.15) is 38.8 Å². The van der Waals surface area contributed by atoms with Gasteiger partial charge >= 0.3 is 12.1 Å². The molecule has 1 atom stereocenters. The largest absolute Gasteiger partial charge is 0.480 e. The summed E-state index contributed by atoms with van der Waals surface area (Å²) in [7, 11) is 0. The molecule has 0 saturated carbocycles. The van der Waals surface area contributed by atoms with Crippen LogP contribution in [0.3, 0.4) is 0 Å². The molecular formula is C25H25N3O5. The van der Waals surface area contributed by atoms with Gasteiger partial charge in [-0.15, -0.1) is 0 Å². The fraction of sp³-hybridized carbons (Fsp3) is 0.280. The summed E-state index contributed by atoms with van der Waals surface area (Å²) in [6.07, 6.45) is -0.857. The number of fused-ring (bicyclic) bond motifs is 1. The number of aromatic nitrogens is 1. The summed E-state index contributed by atoms with van der Waals surface area (Å²) >= 11 is 0. The Hall–Kier alpha value is -4.12. The minimum atomic E-state index is -1.26. The highest BCUT2D eigenvalue weighted by Crippen LogP contribution is 2.31. The minimum Gasteiger partial charge on any atom is -0.480 e. The highest BCUT2D eigenvalue weighted by atomic mass is 16.6. The number of benzene rings is 2. The van der Waals surface area contributed by atoms with Crippen molar-refractivity contribution in [1.82, 2.24) is 4.98 Å². The number of carbonyl (C=O) groups is 2. The van der Waals surface area contributed by atoms with Gasteiger partial charge in [-0.05, 0) is 51.5 Å². The zero-order valence-corrected chi connectivity index (χ0v) is 18.9. The predicted octanol–water partition coefficient (Wildman–Crippen LogP) is 4.90. The fourth-order valence-corrected chi connectivity index (χ4v) is 3.19. The van der Waals surface area contributed by atoms with Gasteiger partial charge in [-0.2, -0.15) is 5.26 Å². The molecule has 0 radical (unpaired) electrons. The Balaban J connectivity index is 2.00. The SMILES string of the molecule is CC(C(=O)O)N(C(=O)OC(C)(C)C)c1ccc2nc(OCc3ccccc3)ccc2c1C#N. The van der Waals surface area contributed by atoms with Gasteiger partial charge in [0.1, 0.15) is 24.3 Å². The van der Waals surface area contributed by atoms with E-state index in [0.29, 0.717) is 23.4 Å². The number of hydrogen-bond acceptors (Lipinski definition) is 6. The molecule has 8 nitrogen and oxygen atoms in total. The smallest absolute Gasteiger partial charge is 0.415 e. The van der Waals surface area contributed by atoms with E-state index in [1.807, 2.05) is 30.3 Å². The summed E-state index contributed by atoms with van der Waals surface area (Å²) in [5.74, 6) is -0.849. The molecule has 0 aliphatic rings. The van der Waals surface area contributed by atoms with Gasteiger partial charge in [0.2, 0.25) is 5.88 Å². The molecule has 170 valence electrons. The zero-order chi connectivity index (χ0) is 24.2. The average Bonchev–Trinajstić information content (AvgIpc) is 2.76. The van der Waals surface area contributed by atoms with E-state index in [1.165, 1.54) is 13.0 Å². The number of carboxylic acid groups (broad SMARTS) is 1. The molecule has 0 aliphatic carbocycles. The molecule has 0 fully saturated rings. The van der Waals surface area contributed by atoms with Crippen molar-refractivity contribution in [1.29, 1.82) is 5.26 Å². The van der Waals surface area contributed by atoms with Gasteiger partial charge in [-0.3, -0.25) is 4.90 Å². The van der Waals surface area contributed by atoms with Gasteiger partial charge in [-0.1, -0.05) is 30.3 Å². The highest BCUT2D eigenvalue weighted by Gasteiger charge is 2.33. The van der Waals surface area contributed by atoms with E-state index in [4.69, 9.17) is 9.47 Å². The van der Waals surface area contributed by atoms with E-state index in [2.05, 4.69) is 11.1 Å². The van der Waals surface area contributed by atoms with Crippen molar-refractivity contribution in [3.05, 3.63) is 65.7 Å². The van der Waals surface area contributed by atoms with Crippen LogP contribution in [0.25, 0.3) is 10.9 Å². The van der Waals surface area contributed by atoms with Crippen LogP contribution >= 0.6 is 0 Å². The number of nitrogens with zero attached hydrogens (tertiary/aromatic N) is 3. The summed E-state index contributed by atoms with van der Waals surface area (Å²) < 4.78 is 11.2. The standard InChI is InChI=1S/C25H25N3O5/c1-16(23(29)30)28(24(31)33-25(2,3)4)21-12-11-20-18(19(21)14-26)10-13-22(27-20)32-15-17-8-6-5-7-9-17/h5-13,16H,15H2,1-4H3,(H,29,30). The lowest BCUT2D eigenvalue weighted by molar-refractivity contribution is -0.138. The second-order valence-electron chi connectivity index (χ2n) is 8.43. The molecule has 3 aromatic rings. The first kappa shape index (κ1) is 23.5. The van der Waals surface area contributed by atoms with E-state index >= 15 is 0 Å². The third kappa shape index (κ3) is 5.57. The number of carbonyl (C=O) groups excluding carboxylic acids is 1. The first-order valence-electron chi connectivity index (χ1n) is 10.4. The van der Waals surface area contributed by atoms with Crippen molar-refractivity contribution in [2.24, 2.45) is 0 Å². The number of pyridine rings is 1. The number of amides is 1. The van der Waals surface area contributed by atoms with Crippen LogP contribution in [-0.2, 0) is 16.1 Å². The number of nitriles is 1. The summed E-state index contributed by atoms with van der Waals surface area (Å²) in [6.45, 7) is 6.74. The van der Waals surface area contributed by atoms with Gasteiger partial charge in [0.05, 0.1) is 16.8 Å². The number of rotatable bonds is 6. The maximum Gasteiger partial charge on any atom is 0.415 e. The molecule has 0 saturated heterocycles. The fourth-order valence-electron chi connectivity index (χ4n) is 3.19. The molecule has 1 heterocycles. The van der Waals surface area contributed by atoms with E-state index in [-0.39, 0.29) is 11.3 Å². The highest BCUT2D eigenvalue weighted by molar-refractivity contribution is 6.00. The number of aliphatic carboxylic acids is 1. The monoisotopic (exact) mass is 447 g/mol. The Kier molecular flexibility index (Phi) is 6.83. The Morgan fingerprint density at radius 3 is 2.42 bits per heavy atom. The van der Waals surface area contributed by atoms with Crippen LogP contribution in [0.5, 0.6) is 5.88 Å². The molecule has 0 aliphatic heterocycles. The number of carboxylic acids is 1. The molecule has 0 spiro atoms.